The van der Waals surface area contributed by atoms with E-state index in [0.717, 1.165) is 5.56 Å². The summed E-state index contributed by atoms with van der Waals surface area (Å²) in [7, 11) is 1.64. The molecule has 0 fully saturated rings. The number of carbonyl (C=O) groups excluding carboxylic acids is 1. The number of nitrogen functional groups attached to an aromatic ring is 1. The van der Waals surface area contributed by atoms with Gasteiger partial charge in [-0.05, 0) is 32.9 Å². The van der Waals surface area contributed by atoms with E-state index in [1.165, 1.54) is 11.1 Å². The van der Waals surface area contributed by atoms with Crippen molar-refractivity contribution in [3.05, 3.63) is 41.6 Å². The minimum atomic E-state index is -0.193. The summed E-state index contributed by atoms with van der Waals surface area (Å²) in [6.45, 7) is 5.71. The van der Waals surface area contributed by atoms with Crippen molar-refractivity contribution in [1.82, 2.24) is 19.9 Å². The van der Waals surface area contributed by atoms with Crippen LogP contribution >= 0.6 is 0 Å². The third kappa shape index (κ3) is 3.53. The number of amides is 1. The lowest BCUT2D eigenvalue weighted by Crippen LogP contribution is -2.27. The maximum Gasteiger partial charge on any atom is 0.259 e. The molecule has 0 radical (unpaired) electrons. The molecule has 26 heavy (non-hydrogen) atoms. The molecular weight excluding hydrogens is 332 g/mol. The van der Waals surface area contributed by atoms with E-state index in [9.17, 15) is 4.79 Å². The molecule has 134 valence electrons. The fourth-order valence-electron chi connectivity index (χ4n) is 2.35. The SMILES string of the molecule is Cc1ccc(C(=O)N(C)c2cnc3nc(N)nc(OC(C)C)c3n2)cc1. The van der Waals surface area contributed by atoms with Gasteiger partial charge < -0.3 is 10.5 Å². The van der Waals surface area contributed by atoms with Crippen LogP contribution in [0, 0.1) is 6.92 Å². The number of hydrogen-bond donors (Lipinski definition) is 1. The monoisotopic (exact) mass is 352 g/mol. The Labute approximate surface area is 151 Å². The first-order valence-electron chi connectivity index (χ1n) is 8.17. The van der Waals surface area contributed by atoms with E-state index in [4.69, 9.17) is 10.5 Å². The van der Waals surface area contributed by atoms with E-state index < -0.39 is 0 Å². The Morgan fingerprint density at radius 3 is 2.50 bits per heavy atom. The molecule has 2 aromatic heterocycles. The van der Waals surface area contributed by atoms with Crippen LogP contribution in [0.15, 0.2) is 30.5 Å². The van der Waals surface area contributed by atoms with E-state index in [-0.39, 0.29) is 23.8 Å². The van der Waals surface area contributed by atoms with E-state index in [2.05, 4.69) is 19.9 Å². The van der Waals surface area contributed by atoms with Gasteiger partial charge in [0.25, 0.3) is 5.91 Å². The van der Waals surface area contributed by atoms with Gasteiger partial charge in [0.05, 0.1) is 12.3 Å². The Morgan fingerprint density at radius 2 is 1.85 bits per heavy atom. The van der Waals surface area contributed by atoms with Gasteiger partial charge in [-0.1, -0.05) is 17.7 Å². The third-order valence-corrected chi connectivity index (χ3v) is 3.67. The summed E-state index contributed by atoms with van der Waals surface area (Å²) in [4.78, 5) is 31.0. The summed E-state index contributed by atoms with van der Waals surface area (Å²) >= 11 is 0. The van der Waals surface area contributed by atoms with Crippen molar-refractivity contribution in [2.24, 2.45) is 0 Å². The minimum absolute atomic E-state index is 0.0549. The van der Waals surface area contributed by atoms with E-state index >= 15 is 0 Å². The summed E-state index contributed by atoms with van der Waals surface area (Å²) < 4.78 is 5.66. The number of aryl methyl sites for hydroxylation is 1. The number of hydrogen-bond acceptors (Lipinski definition) is 7. The molecule has 0 saturated carbocycles. The molecule has 0 saturated heterocycles. The molecule has 2 heterocycles. The number of ether oxygens (including phenoxy) is 1. The summed E-state index contributed by atoms with van der Waals surface area (Å²) in [6, 6.07) is 7.33. The lowest BCUT2D eigenvalue weighted by Gasteiger charge is -2.17. The van der Waals surface area contributed by atoms with Gasteiger partial charge in [-0.2, -0.15) is 9.97 Å². The zero-order chi connectivity index (χ0) is 18.8. The number of anilines is 2. The zero-order valence-electron chi connectivity index (χ0n) is 15.1. The van der Waals surface area contributed by atoms with Gasteiger partial charge in [-0.3, -0.25) is 9.69 Å². The minimum Gasteiger partial charge on any atom is -0.473 e. The standard InChI is InChI=1S/C18H20N6O2/c1-10(2)26-16-14-15(22-18(19)23-16)20-9-13(21-14)24(4)17(25)12-7-5-11(3)6-8-12/h5-10H,1-4H3,(H2,19,20,22,23). The number of nitrogens with zero attached hydrogens (tertiary/aromatic N) is 5. The number of benzene rings is 1. The highest BCUT2D eigenvalue weighted by molar-refractivity contribution is 6.05. The molecule has 8 nitrogen and oxygen atoms in total. The second kappa shape index (κ2) is 6.91. The van der Waals surface area contributed by atoms with Crippen LogP contribution in [0.5, 0.6) is 5.88 Å². The van der Waals surface area contributed by atoms with Crippen molar-refractivity contribution < 1.29 is 9.53 Å². The van der Waals surface area contributed by atoms with Gasteiger partial charge in [0.1, 0.15) is 0 Å². The van der Waals surface area contributed by atoms with Crippen LogP contribution < -0.4 is 15.4 Å². The zero-order valence-corrected chi connectivity index (χ0v) is 15.1. The second-order valence-corrected chi connectivity index (χ2v) is 6.18. The lowest BCUT2D eigenvalue weighted by atomic mass is 10.1. The predicted octanol–water partition coefficient (Wildman–Crippen LogP) is 2.37. The highest BCUT2D eigenvalue weighted by atomic mass is 16.5. The highest BCUT2D eigenvalue weighted by Gasteiger charge is 2.18. The van der Waals surface area contributed by atoms with E-state index in [1.54, 1.807) is 19.2 Å². The fourth-order valence-corrected chi connectivity index (χ4v) is 2.35. The average molecular weight is 352 g/mol. The number of carbonyl (C=O) groups is 1. The molecule has 0 spiro atoms. The first kappa shape index (κ1) is 17.5. The van der Waals surface area contributed by atoms with Gasteiger partial charge in [-0.25, -0.2) is 9.97 Å². The molecular formula is C18H20N6O2. The van der Waals surface area contributed by atoms with Crippen LogP contribution in [0.4, 0.5) is 11.8 Å². The maximum absolute atomic E-state index is 12.7. The van der Waals surface area contributed by atoms with Gasteiger partial charge in [0.15, 0.2) is 17.0 Å². The molecule has 0 aliphatic heterocycles. The van der Waals surface area contributed by atoms with Gasteiger partial charge in [-0.15, -0.1) is 0 Å². The van der Waals surface area contributed by atoms with Crippen molar-refractivity contribution in [2.45, 2.75) is 26.9 Å². The molecule has 8 heteroatoms. The topological polar surface area (TPSA) is 107 Å². The lowest BCUT2D eigenvalue weighted by molar-refractivity contribution is 0.0992. The molecule has 3 rings (SSSR count). The van der Waals surface area contributed by atoms with Crippen molar-refractivity contribution in [1.29, 1.82) is 0 Å². The fraction of sp³-hybridized carbons (Fsp3) is 0.278. The average Bonchev–Trinajstić information content (AvgIpc) is 2.60. The Morgan fingerprint density at radius 1 is 1.15 bits per heavy atom. The highest BCUT2D eigenvalue weighted by Crippen LogP contribution is 2.24. The molecule has 3 aromatic rings. The maximum atomic E-state index is 12.7. The van der Waals surface area contributed by atoms with Crippen LogP contribution in [0.2, 0.25) is 0 Å². The molecule has 2 N–H and O–H groups in total. The van der Waals surface area contributed by atoms with Crippen LogP contribution in [0.3, 0.4) is 0 Å². The van der Waals surface area contributed by atoms with Crippen LogP contribution in [-0.2, 0) is 0 Å². The van der Waals surface area contributed by atoms with Gasteiger partial charge in [0, 0.05) is 12.6 Å². The van der Waals surface area contributed by atoms with Crippen LogP contribution in [0.1, 0.15) is 29.8 Å². The summed E-state index contributed by atoms with van der Waals surface area (Å²) in [5.74, 6) is 0.471. The van der Waals surface area contributed by atoms with Crippen LogP contribution in [0.25, 0.3) is 11.2 Å². The largest absolute Gasteiger partial charge is 0.473 e. The predicted molar refractivity (Wildman–Crippen MR) is 99.2 cm³/mol. The Bertz CT molecular complexity index is 956. The smallest absolute Gasteiger partial charge is 0.259 e. The molecule has 0 aliphatic rings. The Balaban J connectivity index is 2.00. The number of nitrogens with two attached hydrogens (primary N) is 1. The first-order valence-corrected chi connectivity index (χ1v) is 8.17. The molecule has 0 bridgehead atoms. The van der Waals surface area contributed by atoms with Crippen molar-refractivity contribution in [2.75, 3.05) is 17.7 Å². The summed E-state index contributed by atoms with van der Waals surface area (Å²) in [5, 5.41) is 0. The quantitative estimate of drug-likeness (QED) is 0.768. The summed E-state index contributed by atoms with van der Waals surface area (Å²) in [5.41, 5.74) is 8.01. The normalized spacial score (nSPS) is 11.0. The van der Waals surface area contributed by atoms with Crippen molar-refractivity contribution in [3.63, 3.8) is 0 Å². The molecule has 0 unspecified atom stereocenters. The second-order valence-electron chi connectivity index (χ2n) is 6.18. The Kier molecular flexibility index (Phi) is 4.66. The van der Waals surface area contributed by atoms with Crippen molar-refractivity contribution >= 4 is 28.8 Å². The first-order chi connectivity index (χ1) is 12.3. The third-order valence-electron chi connectivity index (χ3n) is 3.67. The molecule has 0 atom stereocenters. The van der Waals surface area contributed by atoms with Gasteiger partial charge >= 0.3 is 0 Å². The van der Waals surface area contributed by atoms with E-state index in [0.29, 0.717) is 22.5 Å². The van der Waals surface area contributed by atoms with E-state index in [1.807, 2.05) is 32.9 Å². The number of rotatable bonds is 4. The summed E-state index contributed by atoms with van der Waals surface area (Å²) in [6.07, 6.45) is 1.35. The molecule has 0 aliphatic carbocycles. The number of fused-ring (bicyclic) bond motifs is 1. The number of aromatic nitrogens is 4. The molecule has 1 aromatic carbocycles. The van der Waals surface area contributed by atoms with Crippen molar-refractivity contribution in [3.8, 4) is 5.88 Å². The van der Waals surface area contributed by atoms with Crippen LogP contribution in [-0.4, -0.2) is 39.0 Å². The molecule has 1 amide bonds. The Hall–Kier alpha value is -3.29. The van der Waals surface area contributed by atoms with Gasteiger partial charge in [0.2, 0.25) is 11.8 Å².